The molecule has 0 radical (unpaired) electrons. The topological polar surface area (TPSA) is 62.1 Å². The summed E-state index contributed by atoms with van der Waals surface area (Å²) in [5.41, 5.74) is 1.67. The smallest absolute Gasteiger partial charge is 0.265 e. The molecule has 0 fully saturated rings. The molecular formula is C19H18Cl2N2O2S. The predicted octanol–water partition coefficient (Wildman–Crippen LogP) is 5.46. The van der Waals surface area contributed by atoms with Gasteiger partial charge in [-0.15, -0.1) is 11.3 Å². The molecule has 26 heavy (non-hydrogen) atoms. The number of hydrogen-bond donors (Lipinski definition) is 1. The van der Waals surface area contributed by atoms with Crippen LogP contribution in [0, 0.1) is 17.2 Å². The molecule has 7 heteroatoms. The Labute approximate surface area is 166 Å². The average Bonchev–Trinajstić information content (AvgIpc) is 2.93. The summed E-state index contributed by atoms with van der Waals surface area (Å²) in [4.78, 5) is 13.7. The molecule has 0 saturated carbocycles. The number of ether oxygens (including phenoxy) is 1. The number of carbonyl (C=O) groups excluding carboxylic acids is 1. The third-order valence-corrected chi connectivity index (χ3v) is 6.13. The molecule has 2 atom stereocenters. The SMILES string of the molecule is C[C@@H]1CCc2c(sc(NC(=O)[C@@H](C)Oc3ccc(Cl)cc3Cl)c2C#N)C1. The van der Waals surface area contributed by atoms with Crippen molar-refractivity contribution in [1.82, 2.24) is 0 Å². The fraction of sp³-hybridized carbons (Fsp3) is 0.368. The number of anilines is 1. The summed E-state index contributed by atoms with van der Waals surface area (Å²) < 4.78 is 5.65. The lowest BCUT2D eigenvalue weighted by molar-refractivity contribution is -0.122. The molecule has 0 unspecified atom stereocenters. The normalized spacial score (nSPS) is 17.1. The number of thiophene rings is 1. The van der Waals surface area contributed by atoms with Crippen molar-refractivity contribution in [3.8, 4) is 11.8 Å². The number of nitriles is 1. The van der Waals surface area contributed by atoms with Gasteiger partial charge in [0.05, 0.1) is 10.6 Å². The number of rotatable bonds is 4. The van der Waals surface area contributed by atoms with Gasteiger partial charge in [0.1, 0.15) is 16.8 Å². The number of benzene rings is 1. The standard InChI is InChI=1S/C19H18Cl2N2O2S/c1-10-3-5-13-14(9-22)19(26-17(13)7-10)23-18(24)11(2)25-16-6-4-12(20)8-15(16)21/h4,6,8,10-11H,3,5,7H2,1-2H3,(H,23,24)/t10-,11-/m1/s1. The Morgan fingerprint density at radius 3 is 2.92 bits per heavy atom. The zero-order valence-corrected chi connectivity index (χ0v) is 16.8. The van der Waals surface area contributed by atoms with Crippen molar-refractivity contribution >= 4 is 45.4 Å². The molecule has 3 rings (SSSR count). The van der Waals surface area contributed by atoms with Gasteiger partial charge in [0, 0.05) is 9.90 Å². The lowest BCUT2D eigenvalue weighted by Gasteiger charge is -2.17. The fourth-order valence-electron chi connectivity index (χ4n) is 2.99. The highest BCUT2D eigenvalue weighted by atomic mass is 35.5. The maximum Gasteiger partial charge on any atom is 0.265 e. The van der Waals surface area contributed by atoms with Crippen molar-refractivity contribution in [2.75, 3.05) is 5.32 Å². The Morgan fingerprint density at radius 2 is 2.23 bits per heavy atom. The van der Waals surface area contributed by atoms with Crippen LogP contribution < -0.4 is 10.1 Å². The summed E-state index contributed by atoms with van der Waals surface area (Å²) >= 11 is 13.4. The lowest BCUT2D eigenvalue weighted by Crippen LogP contribution is -2.30. The first-order chi connectivity index (χ1) is 12.4. The molecule has 0 saturated heterocycles. The predicted molar refractivity (Wildman–Crippen MR) is 105 cm³/mol. The van der Waals surface area contributed by atoms with Crippen molar-refractivity contribution in [3.63, 3.8) is 0 Å². The summed E-state index contributed by atoms with van der Waals surface area (Å²) in [6.07, 6.45) is 2.15. The molecule has 1 aromatic heterocycles. The first kappa shape index (κ1) is 19.0. The van der Waals surface area contributed by atoms with Gasteiger partial charge in [-0.1, -0.05) is 30.1 Å². The van der Waals surface area contributed by atoms with Gasteiger partial charge in [0.15, 0.2) is 6.10 Å². The van der Waals surface area contributed by atoms with Crippen molar-refractivity contribution in [3.05, 3.63) is 44.2 Å². The van der Waals surface area contributed by atoms with Crippen molar-refractivity contribution in [2.24, 2.45) is 5.92 Å². The van der Waals surface area contributed by atoms with E-state index >= 15 is 0 Å². The Morgan fingerprint density at radius 1 is 1.46 bits per heavy atom. The maximum atomic E-state index is 12.5. The summed E-state index contributed by atoms with van der Waals surface area (Å²) in [5.74, 6) is 0.670. The third-order valence-electron chi connectivity index (χ3n) is 4.43. The number of nitrogens with zero attached hydrogens (tertiary/aromatic N) is 1. The van der Waals surface area contributed by atoms with E-state index in [0.717, 1.165) is 24.8 Å². The van der Waals surface area contributed by atoms with Crippen LogP contribution in [0.2, 0.25) is 10.0 Å². The highest BCUT2D eigenvalue weighted by Gasteiger charge is 2.26. The molecule has 1 aliphatic rings. The maximum absolute atomic E-state index is 12.5. The van der Waals surface area contributed by atoms with Gasteiger partial charge in [-0.05, 0) is 55.9 Å². The molecule has 0 spiro atoms. The number of amides is 1. The highest BCUT2D eigenvalue weighted by molar-refractivity contribution is 7.16. The number of nitrogens with one attached hydrogen (secondary N) is 1. The van der Waals surface area contributed by atoms with Crippen molar-refractivity contribution in [1.29, 1.82) is 5.26 Å². The lowest BCUT2D eigenvalue weighted by atomic mass is 9.88. The minimum Gasteiger partial charge on any atom is -0.479 e. The van der Waals surface area contributed by atoms with E-state index in [2.05, 4.69) is 18.3 Å². The van der Waals surface area contributed by atoms with Gasteiger partial charge in [0.25, 0.3) is 5.91 Å². The van der Waals surface area contributed by atoms with Crippen molar-refractivity contribution < 1.29 is 9.53 Å². The zero-order chi connectivity index (χ0) is 18.8. The first-order valence-corrected chi connectivity index (χ1v) is 9.93. The summed E-state index contributed by atoms with van der Waals surface area (Å²) in [5, 5.41) is 13.8. The Bertz CT molecular complexity index is 888. The molecular weight excluding hydrogens is 391 g/mol. The van der Waals surface area contributed by atoms with E-state index in [9.17, 15) is 10.1 Å². The van der Waals surface area contributed by atoms with Crippen LogP contribution in [0.4, 0.5) is 5.00 Å². The van der Waals surface area contributed by atoms with Crippen LogP contribution in [0.1, 0.15) is 36.3 Å². The quantitative estimate of drug-likeness (QED) is 0.730. The molecule has 4 nitrogen and oxygen atoms in total. The van der Waals surface area contributed by atoms with Gasteiger partial charge in [0.2, 0.25) is 0 Å². The molecule has 1 aliphatic carbocycles. The fourth-order valence-corrected chi connectivity index (χ4v) is 4.80. The largest absolute Gasteiger partial charge is 0.479 e. The van der Waals surface area contributed by atoms with Gasteiger partial charge >= 0.3 is 0 Å². The number of hydrogen-bond acceptors (Lipinski definition) is 4. The molecule has 0 aliphatic heterocycles. The van der Waals surface area contributed by atoms with Crippen LogP contribution in [0.25, 0.3) is 0 Å². The molecule has 1 N–H and O–H groups in total. The van der Waals surface area contributed by atoms with Gasteiger partial charge < -0.3 is 10.1 Å². The minimum atomic E-state index is -0.765. The Kier molecular flexibility index (Phi) is 5.76. The molecule has 1 aromatic carbocycles. The number of fused-ring (bicyclic) bond motifs is 1. The minimum absolute atomic E-state index is 0.320. The van der Waals surface area contributed by atoms with Crippen LogP contribution >= 0.6 is 34.5 Å². The second kappa shape index (κ2) is 7.87. The second-order valence-electron chi connectivity index (χ2n) is 6.49. The molecule has 2 aromatic rings. The van der Waals surface area contributed by atoms with Gasteiger partial charge in [-0.3, -0.25) is 4.79 Å². The van der Waals surface area contributed by atoms with E-state index in [1.807, 2.05) is 0 Å². The van der Waals surface area contributed by atoms with Crippen LogP contribution in [-0.4, -0.2) is 12.0 Å². The molecule has 1 heterocycles. The van der Waals surface area contributed by atoms with E-state index in [0.29, 0.717) is 32.3 Å². The second-order valence-corrected chi connectivity index (χ2v) is 8.44. The van der Waals surface area contributed by atoms with Gasteiger partial charge in [-0.2, -0.15) is 5.26 Å². The van der Waals surface area contributed by atoms with Crippen LogP contribution in [0.15, 0.2) is 18.2 Å². The first-order valence-electron chi connectivity index (χ1n) is 8.36. The van der Waals surface area contributed by atoms with E-state index in [1.54, 1.807) is 25.1 Å². The summed E-state index contributed by atoms with van der Waals surface area (Å²) in [6, 6.07) is 7.08. The van der Waals surface area contributed by atoms with E-state index in [1.165, 1.54) is 16.2 Å². The molecule has 1 amide bonds. The zero-order valence-electron chi connectivity index (χ0n) is 14.4. The van der Waals surface area contributed by atoms with E-state index < -0.39 is 6.10 Å². The molecule has 0 bridgehead atoms. The van der Waals surface area contributed by atoms with E-state index in [-0.39, 0.29) is 5.91 Å². The van der Waals surface area contributed by atoms with Crippen LogP contribution in [0.5, 0.6) is 5.75 Å². The van der Waals surface area contributed by atoms with Crippen molar-refractivity contribution in [2.45, 2.75) is 39.2 Å². The third kappa shape index (κ3) is 3.98. The summed E-state index contributed by atoms with van der Waals surface area (Å²) in [7, 11) is 0. The van der Waals surface area contributed by atoms with E-state index in [4.69, 9.17) is 27.9 Å². The molecule has 136 valence electrons. The monoisotopic (exact) mass is 408 g/mol. The highest BCUT2D eigenvalue weighted by Crippen LogP contribution is 2.39. The Hall–Kier alpha value is -1.74. The number of halogens is 2. The van der Waals surface area contributed by atoms with Crippen LogP contribution in [-0.2, 0) is 17.6 Å². The Balaban J connectivity index is 1.74. The summed E-state index contributed by atoms with van der Waals surface area (Å²) in [6.45, 7) is 3.85. The number of carbonyl (C=O) groups is 1. The van der Waals surface area contributed by atoms with Crippen LogP contribution in [0.3, 0.4) is 0 Å². The van der Waals surface area contributed by atoms with Gasteiger partial charge in [-0.25, -0.2) is 0 Å². The average molecular weight is 409 g/mol.